The molecule has 0 fully saturated rings. The van der Waals surface area contributed by atoms with Gasteiger partial charge in [0.15, 0.2) is 0 Å². The first-order valence-corrected chi connectivity index (χ1v) is 5.65. The van der Waals surface area contributed by atoms with E-state index in [2.05, 4.69) is 0 Å². The first-order chi connectivity index (χ1) is 6.50. The van der Waals surface area contributed by atoms with Gasteiger partial charge in [-0.05, 0) is 55.4 Å². The molecule has 0 spiro atoms. The molecule has 0 saturated heterocycles. The molecule has 0 aliphatic heterocycles. The molecule has 0 radical (unpaired) electrons. The lowest BCUT2D eigenvalue weighted by Gasteiger charge is -2.34. The minimum atomic E-state index is -0.285. The topological polar surface area (TPSA) is 104 Å². The largest absolute Gasteiger partial charge is 0.324 e. The standard InChI is InChI=1S/2C6H16N2.2BrH/c2*1-5(2,7)6(3,4)8;;/h2*7-8H2,1-4H3;2*1H. The molecular formula is C12H34Br2N4. The van der Waals surface area contributed by atoms with Crippen LogP contribution in [-0.4, -0.2) is 22.2 Å². The fraction of sp³-hybridized carbons (Fsp3) is 1.00. The Hall–Kier alpha value is 0.800. The van der Waals surface area contributed by atoms with Crippen molar-refractivity contribution >= 4 is 34.0 Å². The van der Waals surface area contributed by atoms with Crippen LogP contribution in [0.15, 0.2) is 0 Å². The summed E-state index contributed by atoms with van der Waals surface area (Å²) in [6.45, 7) is 15.4. The van der Waals surface area contributed by atoms with E-state index in [1.54, 1.807) is 0 Å². The molecule has 0 aromatic carbocycles. The van der Waals surface area contributed by atoms with Crippen LogP contribution in [0.2, 0.25) is 0 Å². The fourth-order valence-electron chi connectivity index (χ4n) is 0. The van der Waals surface area contributed by atoms with Gasteiger partial charge >= 0.3 is 0 Å². The van der Waals surface area contributed by atoms with Gasteiger partial charge in [-0.1, -0.05) is 0 Å². The summed E-state index contributed by atoms with van der Waals surface area (Å²) in [4.78, 5) is 0. The van der Waals surface area contributed by atoms with Gasteiger partial charge in [-0.3, -0.25) is 0 Å². The summed E-state index contributed by atoms with van der Waals surface area (Å²) >= 11 is 0. The van der Waals surface area contributed by atoms with Crippen LogP contribution in [0, 0.1) is 0 Å². The second kappa shape index (κ2) is 8.17. The summed E-state index contributed by atoms with van der Waals surface area (Å²) in [5, 5.41) is 0. The van der Waals surface area contributed by atoms with Crippen LogP contribution in [0.1, 0.15) is 55.4 Å². The lowest BCUT2D eigenvalue weighted by atomic mass is 9.85. The normalized spacial score (nSPS) is 12.7. The Balaban J connectivity index is -0.0000000980. The van der Waals surface area contributed by atoms with Gasteiger partial charge in [0.05, 0.1) is 0 Å². The Labute approximate surface area is 134 Å². The van der Waals surface area contributed by atoms with Gasteiger partial charge in [0.25, 0.3) is 0 Å². The molecule has 0 rings (SSSR count). The highest BCUT2D eigenvalue weighted by molar-refractivity contribution is 8.93. The van der Waals surface area contributed by atoms with E-state index < -0.39 is 0 Å². The van der Waals surface area contributed by atoms with Crippen LogP contribution in [0.25, 0.3) is 0 Å². The monoisotopic (exact) mass is 392 g/mol. The maximum atomic E-state index is 5.69. The second-order valence-corrected chi connectivity index (χ2v) is 6.89. The molecule has 18 heavy (non-hydrogen) atoms. The van der Waals surface area contributed by atoms with Crippen LogP contribution >= 0.6 is 34.0 Å². The van der Waals surface area contributed by atoms with E-state index in [9.17, 15) is 0 Å². The number of rotatable bonds is 2. The van der Waals surface area contributed by atoms with Crippen molar-refractivity contribution in [3.63, 3.8) is 0 Å². The molecule has 0 bridgehead atoms. The number of halogens is 2. The summed E-state index contributed by atoms with van der Waals surface area (Å²) in [5.41, 5.74) is 21.6. The summed E-state index contributed by atoms with van der Waals surface area (Å²) in [7, 11) is 0. The Kier molecular flexibility index (Phi) is 12.3. The Morgan fingerprint density at radius 2 is 0.444 bits per heavy atom. The van der Waals surface area contributed by atoms with Crippen molar-refractivity contribution in [2.24, 2.45) is 22.9 Å². The average molecular weight is 394 g/mol. The van der Waals surface area contributed by atoms with Gasteiger partial charge in [-0.2, -0.15) is 0 Å². The third-order valence-corrected chi connectivity index (χ3v) is 3.32. The molecule has 0 heterocycles. The summed E-state index contributed by atoms with van der Waals surface area (Å²) in [6, 6.07) is 0. The quantitative estimate of drug-likeness (QED) is 0.576. The Morgan fingerprint density at radius 1 is 0.389 bits per heavy atom. The Morgan fingerprint density at radius 3 is 0.444 bits per heavy atom. The van der Waals surface area contributed by atoms with Crippen LogP contribution in [0.3, 0.4) is 0 Å². The van der Waals surface area contributed by atoms with Crippen molar-refractivity contribution < 1.29 is 0 Å². The predicted molar refractivity (Wildman–Crippen MR) is 93.7 cm³/mol. The summed E-state index contributed by atoms with van der Waals surface area (Å²) in [6.07, 6.45) is 0. The lowest BCUT2D eigenvalue weighted by Crippen LogP contribution is -2.58. The van der Waals surface area contributed by atoms with Crippen molar-refractivity contribution in [1.29, 1.82) is 0 Å². The molecule has 116 valence electrons. The summed E-state index contributed by atoms with van der Waals surface area (Å²) in [5.74, 6) is 0. The van der Waals surface area contributed by atoms with Crippen molar-refractivity contribution in [3.05, 3.63) is 0 Å². The fourth-order valence-corrected chi connectivity index (χ4v) is 0. The molecule has 0 saturated carbocycles. The van der Waals surface area contributed by atoms with Gasteiger partial charge in [-0.15, -0.1) is 34.0 Å². The van der Waals surface area contributed by atoms with Crippen molar-refractivity contribution in [3.8, 4) is 0 Å². The third-order valence-electron chi connectivity index (χ3n) is 3.32. The molecule has 0 aromatic heterocycles. The smallest absolute Gasteiger partial charge is 0.0274 e. The van der Waals surface area contributed by atoms with E-state index >= 15 is 0 Å². The van der Waals surface area contributed by atoms with Gasteiger partial charge in [0.1, 0.15) is 0 Å². The average Bonchev–Trinajstić information content (AvgIpc) is 1.77. The zero-order valence-corrected chi connectivity index (χ0v) is 16.6. The maximum absolute atomic E-state index is 5.69. The SMILES string of the molecule is Br.Br.CC(C)(N)C(C)(C)N.CC(C)(N)C(C)(C)N. The van der Waals surface area contributed by atoms with Crippen LogP contribution in [0.5, 0.6) is 0 Å². The molecular weight excluding hydrogens is 360 g/mol. The first-order valence-electron chi connectivity index (χ1n) is 5.65. The highest BCUT2D eigenvalue weighted by Crippen LogP contribution is 2.13. The predicted octanol–water partition coefficient (Wildman–Crippen LogP) is 2.08. The molecule has 0 atom stereocenters. The van der Waals surface area contributed by atoms with Gasteiger partial charge in [-0.25, -0.2) is 0 Å². The van der Waals surface area contributed by atoms with E-state index in [0.717, 1.165) is 0 Å². The lowest BCUT2D eigenvalue weighted by molar-refractivity contribution is 0.309. The van der Waals surface area contributed by atoms with E-state index in [1.807, 2.05) is 55.4 Å². The van der Waals surface area contributed by atoms with Crippen LogP contribution in [-0.2, 0) is 0 Å². The molecule has 4 nitrogen and oxygen atoms in total. The molecule has 0 amide bonds. The molecule has 0 aliphatic carbocycles. The van der Waals surface area contributed by atoms with Crippen molar-refractivity contribution in [1.82, 2.24) is 0 Å². The molecule has 8 N–H and O–H groups in total. The second-order valence-electron chi connectivity index (χ2n) is 6.89. The van der Waals surface area contributed by atoms with E-state index in [0.29, 0.717) is 0 Å². The zero-order chi connectivity index (χ0) is 14.0. The van der Waals surface area contributed by atoms with Crippen LogP contribution in [0.4, 0.5) is 0 Å². The summed E-state index contributed by atoms with van der Waals surface area (Å²) < 4.78 is 0. The molecule has 0 unspecified atom stereocenters. The van der Waals surface area contributed by atoms with Crippen molar-refractivity contribution in [2.45, 2.75) is 77.5 Å². The highest BCUT2D eigenvalue weighted by atomic mass is 79.9. The number of nitrogens with two attached hydrogens (primary N) is 4. The third kappa shape index (κ3) is 11.9. The van der Waals surface area contributed by atoms with Crippen LogP contribution < -0.4 is 22.9 Å². The minimum Gasteiger partial charge on any atom is -0.324 e. The zero-order valence-electron chi connectivity index (χ0n) is 13.1. The molecule has 0 aromatic rings. The van der Waals surface area contributed by atoms with Gasteiger partial charge in [0.2, 0.25) is 0 Å². The van der Waals surface area contributed by atoms with Gasteiger partial charge < -0.3 is 22.9 Å². The van der Waals surface area contributed by atoms with E-state index in [-0.39, 0.29) is 56.1 Å². The highest BCUT2D eigenvalue weighted by Gasteiger charge is 2.28. The first kappa shape index (κ1) is 27.2. The van der Waals surface area contributed by atoms with E-state index in [1.165, 1.54) is 0 Å². The molecule has 6 heteroatoms. The Bertz CT molecular complexity index is 156. The number of hydrogen-bond acceptors (Lipinski definition) is 4. The molecule has 0 aliphatic rings. The number of hydrogen-bond donors (Lipinski definition) is 4. The van der Waals surface area contributed by atoms with E-state index in [4.69, 9.17) is 22.9 Å². The minimum absolute atomic E-state index is 0. The van der Waals surface area contributed by atoms with Gasteiger partial charge in [0, 0.05) is 22.2 Å². The maximum Gasteiger partial charge on any atom is 0.0274 e. The van der Waals surface area contributed by atoms with Crippen molar-refractivity contribution in [2.75, 3.05) is 0 Å².